The van der Waals surface area contributed by atoms with Crippen LogP contribution in [0.1, 0.15) is 17.3 Å². The zero-order chi connectivity index (χ0) is 15.4. The molecule has 0 aromatic carbocycles. The summed E-state index contributed by atoms with van der Waals surface area (Å²) in [6, 6.07) is 1.60. The Hall–Kier alpha value is -2.29. The van der Waals surface area contributed by atoms with E-state index in [2.05, 4.69) is 19.8 Å². The zero-order valence-corrected chi connectivity index (χ0v) is 12.7. The molecule has 2 aromatic rings. The molecule has 2 heterocycles. The fourth-order valence-corrected chi connectivity index (χ4v) is 1.99. The second-order valence-corrected chi connectivity index (χ2v) is 4.60. The van der Waals surface area contributed by atoms with E-state index in [1.54, 1.807) is 6.07 Å². The molecule has 8 nitrogen and oxygen atoms in total. The summed E-state index contributed by atoms with van der Waals surface area (Å²) in [4.78, 5) is 20.1. The monoisotopic (exact) mass is 309 g/mol. The summed E-state index contributed by atoms with van der Waals surface area (Å²) < 4.78 is 11.4. The highest BCUT2D eigenvalue weighted by molar-refractivity contribution is 7.98. The van der Waals surface area contributed by atoms with Crippen molar-refractivity contribution in [3.63, 3.8) is 0 Å². The molecule has 21 heavy (non-hydrogen) atoms. The van der Waals surface area contributed by atoms with Gasteiger partial charge in [-0.2, -0.15) is 14.8 Å². The number of ether oxygens (including phenoxy) is 2. The predicted molar refractivity (Wildman–Crippen MR) is 77.9 cm³/mol. The first-order chi connectivity index (χ1) is 10.1. The average molecular weight is 309 g/mol. The molecule has 0 unspecified atom stereocenters. The van der Waals surface area contributed by atoms with Crippen LogP contribution in [-0.4, -0.2) is 45.7 Å². The van der Waals surface area contributed by atoms with Crippen molar-refractivity contribution in [2.75, 3.05) is 25.7 Å². The van der Waals surface area contributed by atoms with Crippen LogP contribution in [0.2, 0.25) is 0 Å². The first-order valence-corrected chi connectivity index (χ1v) is 7.31. The molecule has 0 amide bonds. The lowest BCUT2D eigenvalue weighted by molar-refractivity contribution is 0.0602. The Morgan fingerprint density at radius 2 is 2.24 bits per heavy atom. The molecule has 0 aliphatic heterocycles. The molecule has 2 N–H and O–H groups in total. The summed E-state index contributed by atoms with van der Waals surface area (Å²) in [5.41, 5.74) is 6.10. The lowest BCUT2D eigenvalue weighted by Crippen LogP contribution is -2.09. The number of nitrogens with zero attached hydrogens (tertiary/aromatic N) is 4. The van der Waals surface area contributed by atoms with Gasteiger partial charge < -0.3 is 15.2 Å². The number of carbonyl (C=O) groups is 1. The smallest absolute Gasteiger partial charge is 0.343 e. The van der Waals surface area contributed by atoms with Gasteiger partial charge in [0, 0.05) is 6.07 Å². The summed E-state index contributed by atoms with van der Waals surface area (Å²) in [6.45, 7) is 2.34. The first-order valence-electron chi connectivity index (χ1n) is 6.08. The number of hydrogen-bond acceptors (Lipinski definition) is 8. The van der Waals surface area contributed by atoms with Gasteiger partial charge >= 0.3 is 5.97 Å². The van der Waals surface area contributed by atoms with E-state index in [0.29, 0.717) is 23.5 Å². The Bertz CT molecular complexity index is 658. The Labute approximate surface area is 125 Å². The van der Waals surface area contributed by atoms with Crippen molar-refractivity contribution in [3.05, 3.63) is 17.8 Å². The molecule has 0 atom stereocenters. The predicted octanol–water partition coefficient (Wildman–Crippen LogP) is 1.15. The topological polar surface area (TPSA) is 105 Å². The lowest BCUT2D eigenvalue weighted by atomic mass is 10.3. The number of anilines is 1. The molecule has 0 aliphatic carbocycles. The van der Waals surface area contributed by atoms with E-state index in [4.69, 9.17) is 10.5 Å². The molecule has 112 valence electrons. The largest absolute Gasteiger partial charge is 0.478 e. The second kappa shape index (κ2) is 6.44. The fraction of sp³-hybridized carbons (Fsp3) is 0.333. The Kier molecular flexibility index (Phi) is 4.63. The molecule has 9 heteroatoms. The number of carbonyl (C=O) groups excluding carboxylic acids is 1. The molecular formula is C12H15N5O3S. The highest BCUT2D eigenvalue weighted by atomic mass is 32.2. The van der Waals surface area contributed by atoms with Crippen LogP contribution in [0.25, 0.3) is 5.82 Å². The van der Waals surface area contributed by atoms with E-state index >= 15 is 0 Å². The third-order valence-electron chi connectivity index (χ3n) is 2.57. The van der Waals surface area contributed by atoms with Gasteiger partial charge in [0.05, 0.1) is 19.9 Å². The highest BCUT2D eigenvalue weighted by Gasteiger charge is 2.18. The van der Waals surface area contributed by atoms with Gasteiger partial charge in [0.1, 0.15) is 11.4 Å². The number of hydrogen-bond donors (Lipinski definition) is 1. The standard InChI is InChI=1S/C12H15N5O3S/c1-4-20-9-5-8(15-12(16-9)21-3)17-10(13)7(6-14-17)11(18)19-2/h5-6H,4,13H2,1-3H3. The van der Waals surface area contributed by atoms with Crippen molar-refractivity contribution in [3.8, 4) is 11.7 Å². The van der Waals surface area contributed by atoms with Gasteiger partial charge in [0.25, 0.3) is 0 Å². The number of methoxy groups -OCH3 is 1. The molecular weight excluding hydrogens is 294 g/mol. The van der Waals surface area contributed by atoms with E-state index in [1.807, 2.05) is 13.2 Å². The van der Waals surface area contributed by atoms with Crippen LogP contribution in [0.15, 0.2) is 17.4 Å². The maximum atomic E-state index is 11.6. The van der Waals surface area contributed by atoms with Crippen molar-refractivity contribution in [2.45, 2.75) is 12.1 Å². The molecule has 0 saturated heterocycles. The fourth-order valence-electron chi connectivity index (χ4n) is 1.62. The van der Waals surface area contributed by atoms with Crippen LogP contribution in [0.5, 0.6) is 5.88 Å². The minimum absolute atomic E-state index is 0.148. The zero-order valence-electron chi connectivity index (χ0n) is 11.9. The second-order valence-electron chi connectivity index (χ2n) is 3.83. The third-order valence-corrected chi connectivity index (χ3v) is 3.12. The van der Waals surface area contributed by atoms with Crippen molar-refractivity contribution >= 4 is 23.5 Å². The summed E-state index contributed by atoms with van der Waals surface area (Å²) in [5.74, 6) is 0.435. The maximum Gasteiger partial charge on any atom is 0.343 e. The molecule has 0 saturated carbocycles. The Balaban J connectivity index is 2.48. The molecule has 0 fully saturated rings. The van der Waals surface area contributed by atoms with Crippen LogP contribution in [0.4, 0.5) is 5.82 Å². The van der Waals surface area contributed by atoms with Crippen LogP contribution < -0.4 is 10.5 Å². The minimum Gasteiger partial charge on any atom is -0.478 e. The van der Waals surface area contributed by atoms with Gasteiger partial charge in [-0.05, 0) is 13.2 Å². The molecule has 0 spiro atoms. The van der Waals surface area contributed by atoms with Gasteiger partial charge in [-0.25, -0.2) is 9.78 Å². The van der Waals surface area contributed by atoms with Crippen LogP contribution in [0.3, 0.4) is 0 Å². The molecule has 0 bridgehead atoms. The lowest BCUT2D eigenvalue weighted by Gasteiger charge is -2.08. The van der Waals surface area contributed by atoms with Crippen molar-refractivity contribution in [1.29, 1.82) is 0 Å². The number of thioether (sulfide) groups is 1. The van der Waals surface area contributed by atoms with Crippen LogP contribution in [-0.2, 0) is 4.74 Å². The number of aromatic nitrogens is 4. The van der Waals surface area contributed by atoms with Gasteiger partial charge in [0.15, 0.2) is 11.0 Å². The minimum atomic E-state index is -0.553. The molecule has 0 radical (unpaired) electrons. The SMILES string of the molecule is CCOc1cc(-n2ncc(C(=O)OC)c2N)nc(SC)n1. The van der Waals surface area contributed by atoms with Gasteiger partial charge in [-0.3, -0.25) is 0 Å². The van der Waals surface area contributed by atoms with Gasteiger partial charge in [0.2, 0.25) is 5.88 Å². The van der Waals surface area contributed by atoms with Crippen molar-refractivity contribution in [2.24, 2.45) is 0 Å². The quantitative estimate of drug-likeness (QED) is 0.498. The summed E-state index contributed by atoms with van der Waals surface area (Å²) in [5, 5.41) is 4.59. The van der Waals surface area contributed by atoms with E-state index < -0.39 is 5.97 Å². The summed E-state index contributed by atoms with van der Waals surface area (Å²) in [7, 11) is 1.28. The van der Waals surface area contributed by atoms with Crippen molar-refractivity contribution < 1.29 is 14.3 Å². The van der Waals surface area contributed by atoms with Crippen LogP contribution in [0, 0.1) is 0 Å². The van der Waals surface area contributed by atoms with Gasteiger partial charge in [-0.15, -0.1) is 0 Å². The highest BCUT2D eigenvalue weighted by Crippen LogP contribution is 2.22. The Morgan fingerprint density at radius 1 is 1.48 bits per heavy atom. The normalized spacial score (nSPS) is 10.4. The number of esters is 1. The summed E-state index contributed by atoms with van der Waals surface area (Å²) >= 11 is 1.37. The first kappa shape index (κ1) is 15.1. The average Bonchev–Trinajstić information content (AvgIpc) is 2.88. The van der Waals surface area contributed by atoms with E-state index in [0.717, 1.165) is 0 Å². The molecule has 2 rings (SSSR count). The maximum absolute atomic E-state index is 11.6. The third kappa shape index (κ3) is 3.07. The number of rotatable bonds is 5. The van der Waals surface area contributed by atoms with E-state index in [1.165, 1.54) is 29.8 Å². The van der Waals surface area contributed by atoms with E-state index in [9.17, 15) is 4.79 Å². The summed E-state index contributed by atoms with van der Waals surface area (Å²) in [6.07, 6.45) is 3.18. The Morgan fingerprint density at radius 3 is 2.86 bits per heavy atom. The van der Waals surface area contributed by atoms with E-state index in [-0.39, 0.29) is 11.4 Å². The van der Waals surface area contributed by atoms with Crippen LogP contribution >= 0.6 is 11.8 Å². The number of nitrogen functional groups attached to an aromatic ring is 1. The molecule has 0 aliphatic rings. The molecule has 2 aromatic heterocycles. The number of nitrogens with two attached hydrogens (primary N) is 1. The van der Waals surface area contributed by atoms with Gasteiger partial charge in [-0.1, -0.05) is 11.8 Å². The van der Waals surface area contributed by atoms with Crippen molar-refractivity contribution in [1.82, 2.24) is 19.7 Å².